The van der Waals surface area contributed by atoms with Crippen molar-refractivity contribution in [3.8, 4) is 16.9 Å². The van der Waals surface area contributed by atoms with E-state index in [9.17, 15) is 22.5 Å². The van der Waals surface area contributed by atoms with Crippen LogP contribution in [0.5, 0.6) is 5.75 Å². The molecule has 7 nitrogen and oxygen atoms in total. The molecule has 0 saturated carbocycles. The van der Waals surface area contributed by atoms with Crippen LogP contribution in [-0.2, 0) is 4.57 Å². The Bertz CT molecular complexity index is 1630. The molecular formula is C26H22F3N4O3P. The van der Waals surface area contributed by atoms with Crippen LogP contribution >= 0.6 is 7.14 Å². The third kappa shape index (κ3) is 3.73. The van der Waals surface area contributed by atoms with Gasteiger partial charge in [0, 0.05) is 53.7 Å². The zero-order chi connectivity index (χ0) is 26.2. The van der Waals surface area contributed by atoms with Crippen molar-refractivity contribution in [3.63, 3.8) is 0 Å². The van der Waals surface area contributed by atoms with E-state index in [4.69, 9.17) is 9.84 Å². The van der Waals surface area contributed by atoms with Crippen molar-refractivity contribution in [2.75, 3.05) is 20.4 Å². The van der Waals surface area contributed by atoms with Crippen molar-refractivity contribution >= 4 is 24.0 Å². The highest BCUT2D eigenvalue weighted by molar-refractivity contribution is 7.69. The van der Waals surface area contributed by atoms with Crippen molar-refractivity contribution in [2.45, 2.75) is 25.0 Å². The van der Waals surface area contributed by atoms with Crippen molar-refractivity contribution < 1.29 is 27.3 Å². The van der Waals surface area contributed by atoms with Gasteiger partial charge in [0.2, 0.25) is 0 Å². The van der Waals surface area contributed by atoms with Crippen LogP contribution in [0.1, 0.15) is 45.6 Å². The maximum Gasteiger partial charge on any atom is 0.387 e. The first-order valence-electron chi connectivity index (χ1n) is 11.6. The topological polar surface area (TPSA) is 76.8 Å². The number of alkyl halides is 2. The van der Waals surface area contributed by atoms with E-state index >= 15 is 0 Å². The fourth-order valence-corrected chi connectivity index (χ4v) is 6.22. The molecule has 0 radical (unpaired) electrons. The molecule has 11 heteroatoms. The summed E-state index contributed by atoms with van der Waals surface area (Å²) in [5, 5.41) is 4.73. The van der Waals surface area contributed by atoms with Gasteiger partial charge in [0.05, 0.1) is 22.7 Å². The highest BCUT2D eigenvalue weighted by Crippen LogP contribution is 2.53. The molecule has 1 aliphatic carbocycles. The number of pyridine rings is 2. The molecule has 0 N–H and O–H groups in total. The maximum absolute atomic E-state index is 14.4. The van der Waals surface area contributed by atoms with Gasteiger partial charge in [-0.3, -0.25) is 9.78 Å². The van der Waals surface area contributed by atoms with Gasteiger partial charge in [-0.1, -0.05) is 6.07 Å². The summed E-state index contributed by atoms with van der Waals surface area (Å²) in [5.41, 5.74) is 4.63. The molecule has 0 unspecified atom stereocenters. The van der Waals surface area contributed by atoms with E-state index in [1.165, 1.54) is 4.90 Å². The summed E-state index contributed by atoms with van der Waals surface area (Å²) in [7, 11) is -0.889. The SMILES string of the molecule is CN1C(=O)c2cc(F)cc(OC(F)F)c2[C@H]2C[C@@H]1c1nn3ccc(-c4ccc(P(C)(C)=O)nc4)cc3c12. The van der Waals surface area contributed by atoms with Gasteiger partial charge in [0.1, 0.15) is 18.7 Å². The van der Waals surface area contributed by atoms with Crippen LogP contribution in [0, 0.1) is 5.82 Å². The van der Waals surface area contributed by atoms with Crippen LogP contribution in [0.2, 0.25) is 0 Å². The molecule has 190 valence electrons. The Kier molecular flexibility index (Phi) is 5.25. The summed E-state index contributed by atoms with van der Waals surface area (Å²) in [4.78, 5) is 19.1. The largest absolute Gasteiger partial charge is 0.434 e. The lowest BCUT2D eigenvalue weighted by molar-refractivity contribution is -0.0507. The number of halogens is 3. The highest BCUT2D eigenvalue weighted by atomic mass is 31.2. The maximum atomic E-state index is 14.4. The first-order chi connectivity index (χ1) is 17.5. The number of amides is 1. The predicted molar refractivity (Wildman–Crippen MR) is 132 cm³/mol. The number of nitrogens with zero attached hydrogens (tertiary/aromatic N) is 4. The molecule has 1 aliphatic heterocycles. The third-order valence-electron chi connectivity index (χ3n) is 7.15. The fraction of sp³-hybridized carbons (Fsp3) is 0.269. The Morgan fingerprint density at radius 3 is 2.57 bits per heavy atom. The van der Waals surface area contributed by atoms with Crippen molar-refractivity contribution in [3.05, 3.63) is 77.0 Å². The van der Waals surface area contributed by atoms with E-state index in [0.717, 1.165) is 34.3 Å². The van der Waals surface area contributed by atoms with Crippen LogP contribution in [0.3, 0.4) is 0 Å². The molecule has 3 aromatic heterocycles. The van der Waals surface area contributed by atoms with Crippen molar-refractivity contribution in [2.24, 2.45) is 0 Å². The molecule has 0 spiro atoms. The summed E-state index contributed by atoms with van der Waals surface area (Å²) >= 11 is 0. The summed E-state index contributed by atoms with van der Waals surface area (Å²) < 4.78 is 59.7. The minimum absolute atomic E-state index is 0.00940. The average Bonchev–Trinajstić information content (AvgIpc) is 3.36. The lowest BCUT2D eigenvalue weighted by Crippen LogP contribution is -2.30. The van der Waals surface area contributed by atoms with E-state index in [1.807, 2.05) is 18.2 Å². The summed E-state index contributed by atoms with van der Waals surface area (Å²) in [6.45, 7) is 0.148. The van der Waals surface area contributed by atoms with Crippen LogP contribution < -0.4 is 10.2 Å². The molecule has 1 amide bonds. The number of fused-ring (bicyclic) bond motifs is 9. The van der Waals surface area contributed by atoms with Gasteiger partial charge in [-0.25, -0.2) is 8.91 Å². The molecule has 0 saturated heterocycles. The minimum atomic E-state index is -3.17. The second kappa shape index (κ2) is 8.18. The van der Waals surface area contributed by atoms with Crippen molar-refractivity contribution in [1.29, 1.82) is 0 Å². The predicted octanol–water partition coefficient (Wildman–Crippen LogP) is 5.05. The number of ether oxygens (including phenoxy) is 1. The molecule has 2 bridgehead atoms. The quantitative estimate of drug-likeness (QED) is 0.348. The lowest BCUT2D eigenvalue weighted by atomic mass is 9.88. The first-order valence-corrected chi connectivity index (χ1v) is 14.2. The zero-order valence-corrected chi connectivity index (χ0v) is 21.0. The van der Waals surface area contributed by atoms with Crippen molar-refractivity contribution in [1.82, 2.24) is 19.5 Å². The van der Waals surface area contributed by atoms with Gasteiger partial charge < -0.3 is 14.2 Å². The second-order valence-corrected chi connectivity index (χ2v) is 12.9. The number of carbonyl (C=O) groups excluding carboxylic acids is 1. The van der Waals surface area contributed by atoms with E-state index in [-0.39, 0.29) is 16.9 Å². The number of aromatic nitrogens is 3. The first kappa shape index (κ1) is 23.7. The van der Waals surface area contributed by atoms with Crippen LogP contribution in [-0.4, -0.2) is 52.4 Å². The van der Waals surface area contributed by atoms with Gasteiger partial charge in [-0.2, -0.15) is 13.9 Å². The molecule has 4 heterocycles. The Labute approximate surface area is 210 Å². The molecule has 37 heavy (non-hydrogen) atoms. The number of hydrogen-bond acceptors (Lipinski definition) is 5. The highest BCUT2D eigenvalue weighted by Gasteiger charge is 2.46. The van der Waals surface area contributed by atoms with E-state index < -0.39 is 37.4 Å². The number of benzene rings is 1. The Morgan fingerprint density at radius 1 is 1.11 bits per heavy atom. The van der Waals surface area contributed by atoms with Crippen LogP contribution in [0.4, 0.5) is 13.2 Å². The summed E-state index contributed by atoms with van der Waals surface area (Å²) in [5.74, 6) is -2.14. The van der Waals surface area contributed by atoms with Gasteiger partial charge in [0.25, 0.3) is 5.91 Å². The molecular weight excluding hydrogens is 504 g/mol. The zero-order valence-electron chi connectivity index (χ0n) is 20.2. The van der Waals surface area contributed by atoms with E-state index in [0.29, 0.717) is 17.5 Å². The van der Waals surface area contributed by atoms with Gasteiger partial charge >= 0.3 is 6.61 Å². The van der Waals surface area contributed by atoms with E-state index in [2.05, 4.69) is 4.98 Å². The normalized spacial score (nSPS) is 18.8. The summed E-state index contributed by atoms with van der Waals surface area (Å²) in [6, 6.07) is 8.98. The number of rotatable bonds is 4. The Hall–Kier alpha value is -3.65. The lowest BCUT2D eigenvalue weighted by Gasteiger charge is -2.24. The minimum Gasteiger partial charge on any atom is -0.434 e. The molecule has 1 aromatic carbocycles. The smallest absolute Gasteiger partial charge is 0.387 e. The Balaban J connectivity index is 1.54. The van der Waals surface area contributed by atoms with Gasteiger partial charge in [0.15, 0.2) is 0 Å². The van der Waals surface area contributed by atoms with E-state index in [1.54, 1.807) is 43.4 Å². The average molecular weight is 526 g/mol. The van der Waals surface area contributed by atoms with Crippen LogP contribution in [0.25, 0.3) is 16.6 Å². The standard InChI is InChI=1S/C26H22F3N4O3P/c1-32-19-11-16(22-17(25(32)34)9-15(27)10-20(22)36-26(28)29)23-18-8-13(6-7-33(18)31-24(19)23)14-4-5-21(30-12-14)37(2,3)35/h4-10,12,16,19,26H,11H2,1-3H3/t16-,19-/m1/s1. The summed E-state index contributed by atoms with van der Waals surface area (Å²) in [6.07, 6.45) is 3.87. The van der Waals surface area contributed by atoms with Crippen LogP contribution in [0.15, 0.2) is 48.8 Å². The number of carbonyl (C=O) groups is 1. The third-order valence-corrected chi connectivity index (χ3v) is 8.52. The molecule has 4 aromatic rings. The fourth-order valence-electron chi connectivity index (χ4n) is 5.45. The number of hydrogen-bond donors (Lipinski definition) is 0. The van der Waals surface area contributed by atoms with Gasteiger partial charge in [-0.05, 0) is 49.6 Å². The Morgan fingerprint density at radius 2 is 1.89 bits per heavy atom. The molecule has 6 rings (SSSR count). The monoisotopic (exact) mass is 526 g/mol. The molecule has 0 fully saturated rings. The second-order valence-electron chi connectivity index (χ2n) is 9.76. The molecule has 2 atom stereocenters. The molecule has 2 aliphatic rings. The van der Waals surface area contributed by atoms with Gasteiger partial charge in [-0.15, -0.1) is 0 Å².